The lowest BCUT2D eigenvalue weighted by molar-refractivity contribution is -0.158. The predicted octanol–water partition coefficient (Wildman–Crippen LogP) is 24.5. The predicted molar refractivity (Wildman–Crippen MR) is 560 cm³/mol. The number of aliphatic hydroxyl groups excluding tert-OH is 2. The van der Waals surface area contributed by atoms with Crippen molar-refractivity contribution in [2.75, 3.05) is 83.3 Å². The Morgan fingerprint density at radius 1 is 0.401 bits per heavy atom. The molecule has 28 nitrogen and oxygen atoms in total. The Morgan fingerprint density at radius 3 is 1.04 bits per heavy atom. The fourth-order valence-corrected chi connectivity index (χ4v) is 17.4. The number of aliphatic hydroxyl groups is 2. The van der Waals surface area contributed by atoms with E-state index in [-0.39, 0.29) is 215 Å². The van der Waals surface area contributed by atoms with E-state index in [0.29, 0.717) is 74.9 Å². The van der Waals surface area contributed by atoms with Gasteiger partial charge in [0.1, 0.15) is 36.7 Å². The average Bonchev–Trinajstić information content (AvgIpc) is 1.59. The zero-order valence-corrected chi connectivity index (χ0v) is 73.5. The van der Waals surface area contributed by atoms with Gasteiger partial charge >= 0.3 is 53.9 Å². The SMILES string of the molecule is C.C.C.C.C.C.C.C.C.C.C.C.C.C.C.C.C=N/C(C#N)=C1/c2ccccc2-c2c(C(=O)OCc3ccc(C(CC(C)C(=O)OCCCO)CC(CC(C)(CC)C(=O)OC)C(=O)O[Si](OC)(OC)OC)cc3)cccc21.C=N/C(C#N)=C1/c2ccccc2-c2c(C(=O)OCc3ccc(C(CC(CC(C)(CC)C(=O)OC)C(=O)O[Si](OC)(OC)OC)CC(C)(C)C(=O)OCCCO)cc3)cccc21. The number of hydrogen-bond acceptors (Lipinski definition) is 28. The summed E-state index contributed by atoms with van der Waals surface area (Å²) >= 11 is 0. The van der Waals surface area contributed by atoms with Gasteiger partial charge in [0.2, 0.25) is 0 Å². The summed E-state index contributed by atoms with van der Waals surface area (Å²) in [5.41, 5.74) is 7.60. The fraction of sp³-hybridized carbons (Fsp3) is 0.514. The van der Waals surface area contributed by atoms with Gasteiger partial charge in [0, 0.05) is 91.0 Å². The van der Waals surface area contributed by atoms with Crippen molar-refractivity contribution in [1.82, 2.24) is 0 Å². The van der Waals surface area contributed by atoms with Crippen LogP contribution in [0.5, 0.6) is 0 Å². The summed E-state index contributed by atoms with van der Waals surface area (Å²) < 4.78 is 76.8. The zero-order valence-electron chi connectivity index (χ0n) is 71.5. The Labute approximate surface area is 827 Å². The van der Waals surface area contributed by atoms with E-state index in [2.05, 4.69) is 35.6 Å². The van der Waals surface area contributed by atoms with Crippen molar-refractivity contribution in [1.29, 1.82) is 10.5 Å². The van der Waals surface area contributed by atoms with Crippen LogP contribution in [0.3, 0.4) is 0 Å². The molecular formula is C107H174N4O24Si2. The molecule has 0 aliphatic heterocycles. The third-order valence-electron chi connectivity index (χ3n) is 22.2. The van der Waals surface area contributed by atoms with Gasteiger partial charge in [0.25, 0.3) is 11.9 Å². The van der Waals surface area contributed by atoms with Crippen molar-refractivity contribution in [3.05, 3.63) is 200 Å². The van der Waals surface area contributed by atoms with Crippen molar-refractivity contribution >= 4 is 90.4 Å². The Hall–Kier alpha value is -11.0. The number of benzene rings is 6. The third kappa shape index (κ3) is 35.7. The van der Waals surface area contributed by atoms with Crippen LogP contribution < -0.4 is 0 Å². The number of ether oxygens (including phenoxy) is 6. The van der Waals surface area contributed by atoms with Crippen LogP contribution in [0.2, 0.25) is 0 Å². The van der Waals surface area contributed by atoms with Crippen LogP contribution in [0.25, 0.3) is 33.4 Å². The molecule has 137 heavy (non-hydrogen) atoms. The molecule has 0 heterocycles. The zero-order chi connectivity index (χ0) is 89.0. The summed E-state index contributed by atoms with van der Waals surface area (Å²) in [6.45, 7) is 19.2. The first-order valence-corrected chi connectivity index (χ1v) is 42.9. The maximum Gasteiger partial charge on any atom is 0.750 e. The summed E-state index contributed by atoms with van der Waals surface area (Å²) in [5.74, 6) is -7.83. The molecule has 2 aliphatic rings. The summed E-state index contributed by atoms with van der Waals surface area (Å²) in [7, 11) is 2.68. The highest BCUT2D eigenvalue weighted by Crippen LogP contribution is 2.50. The van der Waals surface area contributed by atoms with Gasteiger partial charge in [-0.15, -0.1) is 0 Å². The van der Waals surface area contributed by atoms with E-state index in [1.165, 1.54) is 56.9 Å². The van der Waals surface area contributed by atoms with E-state index in [9.17, 15) is 59.1 Å². The molecule has 0 fully saturated rings. The van der Waals surface area contributed by atoms with Gasteiger partial charge in [-0.05, 0) is 172 Å². The van der Waals surface area contributed by atoms with Gasteiger partial charge < -0.3 is 74.0 Å². The molecule has 0 aromatic heterocycles. The van der Waals surface area contributed by atoms with Crippen LogP contribution in [-0.4, -0.2) is 173 Å². The molecule has 0 saturated heterocycles. The number of carbonyl (C=O) groups is 8. The van der Waals surface area contributed by atoms with Crippen LogP contribution >= 0.6 is 0 Å². The van der Waals surface area contributed by atoms with Crippen LogP contribution in [0.4, 0.5) is 0 Å². The maximum atomic E-state index is 14.2. The third-order valence-corrected chi connectivity index (χ3v) is 26.1. The number of hydrogen-bond donors (Lipinski definition) is 2. The fourth-order valence-electron chi connectivity index (χ4n) is 15.1. The van der Waals surface area contributed by atoms with E-state index >= 15 is 0 Å². The lowest BCUT2D eigenvalue weighted by atomic mass is 9.72. The van der Waals surface area contributed by atoms with Crippen molar-refractivity contribution in [3.8, 4) is 34.4 Å². The molecule has 7 atom stereocenters. The first-order valence-electron chi connectivity index (χ1n) is 39.6. The van der Waals surface area contributed by atoms with E-state index in [1.54, 1.807) is 83.1 Å². The van der Waals surface area contributed by atoms with Crippen molar-refractivity contribution in [2.24, 2.45) is 44.0 Å². The molecule has 6 aromatic carbocycles. The van der Waals surface area contributed by atoms with Gasteiger partial charge in [0.15, 0.2) is 0 Å². The van der Waals surface area contributed by atoms with Crippen molar-refractivity contribution in [2.45, 2.75) is 257 Å². The molecule has 0 saturated carbocycles. The molecule has 0 radical (unpaired) electrons. The van der Waals surface area contributed by atoms with Gasteiger partial charge in [-0.2, -0.15) is 10.5 Å². The van der Waals surface area contributed by atoms with Crippen LogP contribution in [0, 0.1) is 56.7 Å². The topological polar surface area (TPSA) is 379 Å². The lowest BCUT2D eigenvalue weighted by Crippen LogP contribution is -2.49. The van der Waals surface area contributed by atoms with E-state index < -0.39 is 112 Å². The lowest BCUT2D eigenvalue weighted by Gasteiger charge is -2.34. The van der Waals surface area contributed by atoms with Crippen LogP contribution in [0.15, 0.2) is 155 Å². The molecule has 6 aromatic rings. The quantitative estimate of drug-likeness (QED) is 0.00894. The Balaban J connectivity index is -0.000000264. The molecule has 0 bridgehead atoms. The number of nitrogens with zero attached hydrogens (tertiary/aromatic N) is 4. The van der Waals surface area contributed by atoms with E-state index in [0.717, 1.165) is 33.4 Å². The summed E-state index contributed by atoms with van der Waals surface area (Å²) in [4.78, 5) is 116. The first kappa shape index (κ1) is 146. The number of esters is 6. The van der Waals surface area contributed by atoms with Crippen LogP contribution in [-0.2, 0) is 106 Å². The summed E-state index contributed by atoms with van der Waals surface area (Å²) in [5, 5.41) is 38.1. The van der Waals surface area contributed by atoms with Gasteiger partial charge in [0.05, 0.1) is 72.6 Å². The number of aliphatic imine (C=N–C) groups is 2. The average molecular weight is 1960 g/mol. The van der Waals surface area contributed by atoms with Gasteiger partial charge in [-0.3, -0.25) is 38.8 Å². The molecule has 2 aliphatic carbocycles. The number of allylic oxidation sites excluding steroid dienone is 2. The van der Waals surface area contributed by atoms with Crippen molar-refractivity contribution in [3.63, 3.8) is 0 Å². The maximum absolute atomic E-state index is 14.2. The van der Waals surface area contributed by atoms with E-state index in [1.807, 2.05) is 98.8 Å². The molecule has 7 unspecified atom stereocenters. The first-order chi connectivity index (χ1) is 57.9. The Morgan fingerprint density at radius 2 is 0.723 bits per heavy atom. The highest BCUT2D eigenvalue weighted by atomic mass is 28.4. The number of fused-ring (bicyclic) bond motifs is 6. The molecule has 30 heteroatoms. The largest absolute Gasteiger partial charge is 0.750 e. The molecule has 0 spiro atoms. The van der Waals surface area contributed by atoms with Gasteiger partial charge in [-0.25, -0.2) is 9.59 Å². The minimum Gasteiger partial charge on any atom is -0.469 e. The highest BCUT2D eigenvalue weighted by Gasteiger charge is 2.52. The number of nitriles is 2. The van der Waals surface area contributed by atoms with Crippen LogP contribution in [0.1, 0.15) is 309 Å². The molecule has 0 amide bonds. The molecule has 2 N–H and O–H groups in total. The molecular weight excluding hydrogens is 1780 g/mol. The normalized spacial score (nSPS) is 13.3. The molecule has 8 rings (SSSR count). The second-order valence-electron chi connectivity index (χ2n) is 30.4. The summed E-state index contributed by atoms with van der Waals surface area (Å²) in [6, 6.07) is 44.3. The van der Waals surface area contributed by atoms with E-state index in [4.69, 9.17) is 63.8 Å². The molecule has 774 valence electrons. The van der Waals surface area contributed by atoms with Gasteiger partial charge in [-0.1, -0.05) is 261 Å². The summed E-state index contributed by atoms with van der Waals surface area (Å²) in [6.07, 6.45) is 2.12. The number of methoxy groups -OCH3 is 2. The number of carbonyl (C=O) groups excluding carboxylic acids is 8. The second-order valence-corrected chi connectivity index (χ2v) is 35.3. The minimum absolute atomic E-state index is 0. The Kier molecular flexibility index (Phi) is 72.7. The monoisotopic (exact) mass is 1960 g/mol. The smallest absolute Gasteiger partial charge is 0.469 e. The Bertz CT molecular complexity index is 4820. The second kappa shape index (κ2) is 68.1. The highest BCUT2D eigenvalue weighted by molar-refractivity contribution is 6.55. The standard InChI is InChI=1S/C46H56N2O12Si.C45H54N2O12Si.16CH4/c1-10-46(4,44(53)54-6)27-33(41(50)60-61(55-7,56-8)57-9)25-32(26-45(2,3)43(52)58-24-14-23-49)31-21-19-30(20-22-31)29-59-42(51)37-18-13-17-36-39(37)34-15-11-12-16-35(34)40(36)38(28-47)48-5;1-9-45(3,44(52)53-5)26-33(42(50)59-60(54-6,55-7)56-8)25-32(24-29(2)41(49)57-23-13-22-48)31-20-18-30(19-21-31)28-58-43(51)37-17-12-16-36-39(37)34-14-10-11-15-35(34)40(36)38(27-46)47-4;;;;;;;;;;;;;;;;/h11-13,15-22,32-33,49H,5,10,14,23-27,29H2,1-4,6-9H3;10-12,14-21,29,32-33,48H,4,9,13,22-26,28H2,1-3,5-8H3;16*1H4/b2*40-38-;;;;;;;;;;;;;;;;. The van der Waals surface area contributed by atoms with Crippen molar-refractivity contribution < 1.29 is 112 Å². The minimum atomic E-state index is -3.89. The number of rotatable bonds is 44.